The summed E-state index contributed by atoms with van der Waals surface area (Å²) in [5.41, 5.74) is 0. The van der Waals surface area contributed by atoms with Crippen LogP contribution in [-0.4, -0.2) is 31.5 Å². The van der Waals surface area contributed by atoms with Gasteiger partial charge in [0, 0.05) is 23.8 Å². The van der Waals surface area contributed by atoms with Gasteiger partial charge in [-0.15, -0.1) is 11.3 Å². The molecule has 1 saturated heterocycles. The van der Waals surface area contributed by atoms with Crippen molar-refractivity contribution in [3.05, 3.63) is 22.4 Å². The first kappa shape index (κ1) is 12.5. The predicted octanol–water partition coefficient (Wildman–Crippen LogP) is 0.385. The first-order chi connectivity index (χ1) is 7.94. The van der Waals surface area contributed by atoms with Crippen molar-refractivity contribution < 1.29 is 13.2 Å². The molecule has 1 unspecified atom stereocenters. The lowest BCUT2D eigenvalue weighted by Crippen LogP contribution is -2.27. The lowest BCUT2D eigenvalue weighted by Gasteiger charge is -2.15. The van der Waals surface area contributed by atoms with Crippen molar-refractivity contribution in [1.82, 2.24) is 4.90 Å². The molecule has 2 N–H and O–H groups in total. The van der Waals surface area contributed by atoms with E-state index in [1.807, 2.05) is 17.5 Å². The summed E-state index contributed by atoms with van der Waals surface area (Å²) in [6.45, 7) is 1.05. The molecule has 2 heterocycles. The zero-order chi connectivity index (χ0) is 12.5. The van der Waals surface area contributed by atoms with Gasteiger partial charge in [0.1, 0.15) is 0 Å². The number of sulfonamides is 1. The zero-order valence-electron chi connectivity index (χ0n) is 9.20. The molecule has 5 nitrogen and oxygen atoms in total. The van der Waals surface area contributed by atoms with Crippen molar-refractivity contribution in [2.45, 2.75) is 13.0 Å². The van der Waals surface area contributed by atoms with Crippen LogP contribution in [0.4, 0.5) is 0 Å². The number of carbonyl (C=O) groups is 1. The molecule has 1 aromatic rings. The van der Waals surface area contributed by atoms with Gasteiger partial charge in [0.25, 0.3) is 0 Å². The molecule has 7 heteroatoms. The summed E-state index contributed by atoms with van der Waals surface area (Å²) < 4.78 is 21.9. The lowest BCUT2D eigenvalue weighted by molar-refractivity contribution is -0.128. The van der Waals surface area contributed by atoms with Crippen molar-refractivity contribution in [3.63, 3.8) is 0 Å². The molecule has 2 rings (SSSR count). The summed E-state index contributed by atoms with van der Waals surface area (Å²) in [5, 5.41) is 6.94. The minimum absolute atomic E-state index is 0.00653. The van der Waals surface area contributed by atoms with Crippen LogP contribution in [-0.2, 0) is 21.4 Å². The van der Waals surface area contributed by atoms with Crippen molar-refractivity contribution in [3.8, 4) is 0 Å². The summed E-state index contributed by atoms with van der Waals surface area (Å²) in [7, 11) is -3.49. The van der Waals surface area contributed by atoms with Gasteiger partial charge in [-0.05, 0) is 11.4 Å². The van der Waals surface area contributed by atoms with Crippen LogP contribution in [0.3, 0.4) is 0 Å². The molecular formula is C10H14N2O3S2. The van der Waals surface area contributed by atoms with E-state index in [1.54, 1.807) is 16.2 Å². The van der Waals surface area contributed by atoms with E-state index in [0.29, 0.717) is 13.1 Å². The lowest BCUT2D eigenvalue weighted by atomic mass is 10.1. The van der Waals surface area contributed by atoms with Crippen molar-refractivity contribution >= 4 is 27.3 Å². The number of rotatable bonds is 4. The predicted molar refractivity (Wildman–Crippen MR) is 65.8 cm³/mol. The second kappa shape index (κ2) is 4.75. The Labute approximate surface area is 104 Å². The third-order valence-electron chi connectivity index (χ3n) is 2.69. The van der Waals surface area contributed by atoms with Gasteiger partial charge in [-0.1, -0.05) is 6.07 Å². The Kier molecular flexibility index (Phi) is 3.50. The average molecular weight is 274 g/mol. The fourth-order valence-electron chi connectivity index (χ4n) is 2.04. The van der Waals surface area contributed by atoms with E-state index in [2.05, 4.69) is 0 Å². The molecule has 1 aliphatic heterocycles. The Morgan fingerprint density at radius 2 is 2.29 bits per heavy atom. The van der Waals surface area contributed by atoms with Crippen LogP contribution in [0.1, 0.15) is 11.3 Å². The van der Waals surface area contributed by atoms with Crippen molar-refractivity contribution in [2.24, 2.45) is 11.1 Å². The third-order valence-corrected chi connectivity index (χ3v) is 4.49. The molecular weight excluding hydrogens is 260 g/mol. The molecule has 0 saturated carbocycles. The molecule has 1 aliphatic rings. The molecule has 1 amide bonds. The van der Waals surface area contributed by atoms with Crippen LogP contribution in [0.2, 0.25) is 0 Å². The van der Waals surface area contributed by atoms with Crippen LogP contribution in [0.15, 0.2) is 17.5 Å². The number of hydrogen-bond acceptors (Lipinski definition) is 4. The van der Waals surface area contributed by atoms with Gasteiger partial charge in [-0.3, -0.25) is 4.79 Å². The SMILES string of the molecule is NS(=O)(=O)CC1CC(=O)N(Cc2cccs2)C1. The Balaban J connectivity index is 1.96. The maximum Gasteiger partial charge on any atom is 0.223 e. The highest BCUT2D eigenvalue weighted by molar-refractivity contribution is 7.89. The third kappa shape index (κ3) is 3.52. The standard InChI is InChI=1S/C10H14N2O3S2/c11-17(14,15)7-8-4-10(13)12(5-8)6-9-2-1-3-16-9/h1-3,8H,4-7H2,(H2,11,14,15). The number of hydrogen-bond donors (Lipinski definition) is 1. The topological polar surface area (TPSA) is 80.5 Å². The van der Waals surface area contributed by atoms with E-state index < -0.39 is 10.0 Å². The van der Waals surface area contributed by atoms with Gasteiger partial charge in [0.2, 0.25) is 15.9 Å². The molecule has 17 heavy (non-hydrogen) atoms. The number of primary sulfonamides is 1. The molecule has 1 fully saturated rings. The highest BCUT2D eigenvalue weighted by Gasteiger charge is 2.31. The molecule has 1 atom stereocenters. The van der Waals surface area contributed by atoms with Gasteiger partial charge < -0.3 is 4.90 Å². The number of amides is 1. The van der Waals surface area contributed by atoms with Gasteiger partial charge in [0.05, 0.1) is 12.3 Å². The molecule has 0 bridgehead atoms. The Morgan fingerprint density at radius 3 is 2.88 bits per heavy atom. The quantitative estimate of drug-likeness (QED) is 0.862. The number of nitrogens with two attached hydrogens (primary N) is 1. The number of thiophene rings is 1. The smallest absolute Gasteiger partial charge is 0.223 e. The largest absolute Gasteiger partial charge is 0.337 e. The van der Waals surface area contributed by atoms with Crippen molar-refractivity contribution in [2.75, 3.05) is 12.3 Å². The van der Waals surface area contributed by atoms with Crippen LogP contribution in [0.5, 0.6) is 0 Å². The minimum atomic E-state index is -3.49. The maximum atomic E-state index is 11.7. The van der Waals surface area contributed by atoms with Gasteiger partial charge in [-0.2, -0.15) is 0 Å². The molecule has 0 aliphatic carbocycles. The zero-order valence-corrected chi connectivity index (χ0v) is 10.8. The number of carbonyl (C=O) groups excluding carboxylic acids is 1. The van der Waals surface area contributed by atoms with E-state index in [1.165, 1.54) is 0 Å². The Morgan fingerprint density at radius 1 is 1.53 bits per heavy atom. The second-order valence-corrected chi connectivity index (χ2v) is 6.94. The molecule has 94 valence electrons. The van der Waals surface area contributed by atoms with Crippen LogP contribution < -0.4 is 5.14 Å². The average Bonchev–Trinajstić information content (AvgIpc) is 2.75. The maximum absolute atomic E-state index is 11.7. The van der Waals surface area contributed by atoms with E-state index in [4.69, 9.17) is 5.14 Å². The summed E-state index contributed by atoms with van der Waals surface area (Å²) in [6.07, 6.45) is 0.280. The van der Waals surface area contributed by atoms with E-state index >= 15 is 0 Å². The van der Waals surface area contributed by atoms with Crippen molar-refractivity contribution in [1.29, 1.82) is 0 Å². The first-order valence-corrected chi connectivity index (χ1v) is 7.84. The normalized spacial score (nSPS) is 21.1. The summed E-state index contributed by atoms with van der Waals surface area (Å²) >= 11 is 1.59. The van der Waals surface area contributed by atoms with Crippen LogP contribution in [0, 0.1) is 5.92 Å². The number of likely N-dealkylation sites (tertiary alicyclic amines) is 1. The first-order valence-electron chi connectivity index (χ1n) is 5.24. The van der Waals surface area contributed by atoms with E-state index in [9.17, 15) is 13.2 Å². The monoisotopic (exact) mass is 274 g/mol. The Bertz CT molecular complexity index is 496. The van der Waals surface area contributed by atoms with Gasteiger partial charge in [0.15, 0.2) is 0 Å². The molecule has 1 aromatic heterocycles. The van der Waals surface area contributed by atoms with Crippen LogP contribution in [0.25, 0.3) is 0 Å². The van der Waals surface area contributed by atoms with E-state index in [-0.39, 0.29) is 24.0 Å². The highest BCUT2D eigenvalue weighted by atomic mass is 32.2. The highest BCUT2D eigenvalue weighted by Crippen LogP contribution is 2.22. The summed E-state index contributed by atoms with van der Waals surface area (Å²) in [6, 6.07) is 3.90. The summed E-state index contributed by atoms with van der Waals surface area (Å²) in [4.78, 5) is 14.5. The Hall–Kier alpha value is -0.920. The molecule has 0 aromatic carbocycles. The fraction of sp³-hybridized carbons (Fsp3) is 0.500. The van der Waals surface area contributed by atoms with Gasteiger partial charge in [-0.25, -0.2) is 13.6 Å². The number of nitrogens with zero attached hydrogens (tertiary/aromatic N) is 1. The molecule has 0 radical (unpaired) electrons. The minimum Gasteiger partial charge on any atom is -0.337 e. The molecule has 0 spiro atoms. The summed E-state index contributed by atoms with van der Waals surface area (Å²) in [5.74, 6) is -0.274. The fourth-order valence-corrected chi connectivity index (χ4v) is 3.64. The second-order valence-electron chi connectivity index (χ2n) is 4.25. The van der Waals surface area contributed by atoms with Gasteiger partial charge >= 0.3 is 0 Å². The van der Waals surface area contributed by atoms with Crippen LogP contribution >= 0.6 is 11.3 Å². The van der Waals surface area contributed by atoms with E-state index in [0.717, 1.165) is 4.88 Å².